The molecule has 2 bridgehead atoms. The van der Waals surface area contributed by atoms with Crippen molar-refractivity contribution < 1.29 is 9.90 Å². The van der Waals surface area contributed by atoms with Gasteiger partial charge in [0.25, 0.3) is 0 Å². The first-order valence-electron chi connectivity index (χ1n) is 6.12. The number of hydrogen-bond acceptors (Lipinski definition) is 2. The Morgan fingerprint density at radius 1 is 1.47 bits per heavy atom. The lowest BCUT2D eigenvalue weighted by molar-refractivity contribution is -0.144. The molecule has 0 aromatic carbocycles. The fourth-order valence-electron chi connectivity index (χ4n) is 3.33. The second-order valence-electron chi connectivity index (χ2n) is 5.20. The SMILES string of the molecule is CCC(C)NC1C2CCC(C2)C1C(=O)O. The summed E-state index contributed by atoms with van der Waals surface area (Å²) in [5.74, 6) is 0.333. The minimum atomic E-state index is -0.594. The molecule has 2 aliphatic carbocycles. The summed E-state index contributed by atoms with van der Waals surface area (Å²) in [4.78, 5) is 11.2. The van der Waals surface area contributed by atoms with Gasteiger partial charge >= 0.3 is 5.97 Å². The zero-order valence-corrected chi connectivity index (χ0v) is 9.57. The molecule has 2 aliphatic rings. The van der Waals surface area contributed by atoms with Crippen LogP contribution in [-0.4, -0.2) is 23.2 Å². The topological polar surface area (TPSA) is 49.3 Å². The van der Waals surface area contributed by atoms with Gasteiger partial charge < -0.3 is 10.4 Å². The predicted octanol–water partition coefficient (Wildman–Crippen LogP) is 1.87. The van der Waals surface area contributed by atoms with E-state index < -0.39 is 5.97 Å². The summed E-state index contributed by atoms with van der Waals surface area (Å²) in [6.07, 6.45) is 4.55. The highest BCUT2D eigenvalue weighted by Gasteiger charge is 2.50. The van der Waals surface area contributed by atoms with Crippen molar-refractivity contribution in [2.24, 2.45) is 17.8 Å². The minimum Gasteiger partial charge on any atom is -0.481 e. The van der Waals surface area contributed by atoms with Crippen LogP contribution in [0.15, 0.2) is 0 Å². The van der Waals surface area contributed by atoms with Crippen LogP contribution in [0.25, 0.3) is 0 Å². The van der Waals surface area contributed by atoms with E-state index in [-0.39, 0.29) is 12.0 Å². The van der Waals surface area contributed by atoms with E-state index in [1.54, 1.807) is 0 Å². The molecule has 5 atom stereocenters. The van der Waals surface area contributed by atoms with E-state index >= 15 is 0 Å². The molecule has 0 aromatic heterocycles. The maximum atomic E-state index is 11.2. The molecular formula is C12H21NO2. The third kappa shape index (κ3) is 1.89. The van der Waals surface area contributed by atoms with Crippen LogP contribution in [0.1, 0.15) is 39.5 Å². The average molecular weight is 211 g/mol. The van der Waals surface area contributed by atoms with E-state index in [2.05, 4.69) is 19.2 Å². The van der Waals surface area contributed by atoms with E-state index in [9.17, 15) is 9.90 Å². The molecule has 3 heteroatoms. The molecule has 2 N–H and O–H groups in total. The maximum absolute atomic E-state index is 11.2. The van der Waals surface area contributed by atoms with Crippen molar-refractivity contribution >= 4 is 5.97 Å². The largest absolute Gasteiger partial charge is 0.481 e. The molecule has 0 saturated heterocycles. The van der Waals surface area contributed by atoms with Gasteiger partial charge in [-0.25, -0.2) is 0 Å². The maximum Gasteiger partial charge on any atom is 0.308 e. The Hall–Kier alpha value is -0.570. The van der Waals surface area contributed by atoms with Crippen LogP contribution in [0, 0.1) is 17.8 Å². The molecule has 0 spiro atoms. The molecule has 0 aromatic rings. The summed E-state index contributed by atoms with van der Waals surface area (Å²) < 4.78 is 0. The highest BCUT2D eigenvalue weighted by molar-refractivity contribution is 5.72. The molecule has 15 heavy (non-hydrogen) atoms. The van der Waals surface area contributed by atoms with Crippen molar-refractivity contribution in [2.45, 2.75) is 51.6 Å². The Labute approximate surface area is 91.2 Å². The number of hydrogen-bond donors (Lipinski definition) is 2. The molecule has 0 amide bonds. The Bertz CT molecular complexity index is 254. The zero-order valence-electron chi connectivity index (χ0n) is 9.57. The second-order valence-corrected chi connectivity index (χ2v) is 5.20. The molecule has 2 rings (SSSR count). The fourth-order valence-corrected chi connectivity index (χ4v) is 3.33. The van der Waals surface area contributed by atoms with E-state index in [1.807, 2.05) is 0 Å². The Morgan fingerprint density at radius 3 is 2.73 bits per heavy atom. The van der Waals surface area contributed by atoms with Crippen LogP contribution in [0.4, 0.5) is 0 Å². The first kappa shape index (κ1) is 10.9. The van der Waals surface area contributed by atoms with Crippen molar-refractivity contribution in [3.8, 4) is 0 Å². The van der Waals surface area contributed by atoms with Gasteiger partial charge in [-0.15, -0.1) is 0 Å². The summed E-state index contributed by atoms with van der Waals surface area (Å²) in [5, 5.41) is 12.8. The van der Waals surface area contributed by atoms with Crippen molar-refractivity contribution in [1.29, 1.82) is 0 Å². The van der Waals surface area contributed by atoms with E-state index in [0.717, 1.165) is 19.3 Å². The monoisotopic (exact) mass is 211 g/mol. The summed E-state index contributed by atoms with van der Waals surface area (Å²) >= 11 is 0. The van der Waals surface area contributed by atoms with Crippen LogP contribution in [0.2, 0.25) is 0 Å². The van der Waals surface area contributed by atoms with Gasteiger partial charge in [0.15, 0.2) is 0 Å². The lowest BCUT2D eigenvalue weighted by atomic mass is 9.84. The van der Waals surface area contributed by atoms with Crippen molar-refractivity contribution in [2.75, 3.05) is 0 Å². The summed E-state index contributed by atoms with van der Waals surface area (Å²) in [6.45, 7) is 4.28. The van der Waals surface area contributed by atoms with E-state index in [4.69, 9.17) is 0 Å². The first-order chi connectivity index (χ1) is 7.13. The van der Waals surface area contributed by atoms with Crippen LogP contribution in [0.3, 0.4) is 0 Å². The molecule has 5 unspecified atom stereocenters. The zero-order chi connectivity index (χ0) is 11.0. The lowest BCUT2D eigenvalue weighted by Gasteiger charge is -2.31. The number of nitrogens with one attached hydrogen (secondary N) is 1. The lowest BCUT2D eigenvalue weighted by Crippen LogP contribution is -2.47. The normalized spacial score (nSPS) is 40.7. The Morgan fingerprint density at radius 2 is 2.13 bits per heavy atom. The van der Waals surface area contributed by atoms with Gasteiger partial charge in [-0.05, 0) is 44.4 Å². The van der Waals surface area contributed by atoms with Gasteiger partial charge in [-0.3, -0.25) is 4.79 Å². The van der Waals surface area contributed by atoms with Crippen LogP contribution in [-0.2, 0) is 4.79 Å². The summed E-state index contributed by atoms with van der Waals surface area (Å²) in [6, 6.07) is 0.674. The van der Waals surface area contributed by atoms with Crippen LogP contribution >= 0.6 is 0 Å². The van der Waals surface area contributed by atoms with Crippen LogP contribution < -0.4 is 5.32 Å². The van der Waals surface area contributed by atoms with E-state index in [1.165, 1.54) is 6.42 Å². The highest BCUT2D eigenvalue weighted by atomic mass is 16.4. The van der Waals surface area contributed by atoms with Crippen LogP contribution in [0.5, 0.6) is 0 Å². The van der Waals surface area contributed by atoms with Gasteiger partial charge in [0.05, 0.1) is 5.92 Å². The number of rotatable bonds is 4. The van der Waals surface area contributed by atoms with Gasteiger partial charge in [0.1, 0.15) is 0 Å². The Kier molecular flexibility index (Phi) is 3.01. The average Bonchev–Trinajstić information content (AvgIpc) is 2.77. The quantitative estimate of drug-likeness (QED) is 0.746. The first-order valence-corrected chi connectivity index (χ1v) is 6.12. The molecule has 2 fully saturated rings. The second kappa shape index (κ2) is 4.12. The van der Waals surface area contributed by atoms with Crippen molar-refractivity contribution in [3.63, 3.8) is 0 Å². The molecule has 0 aliphatic heterocycles. The van der Waals surface area contributed by atoms with Gasteiger partial charge in [0, 0.05) is 12.1 Å². The molecule has 3 nitrogen and oxygen atoms in total. The number of carboxylic acid groups (broad SMARTS) is 1. The number of fused-ring (bicyclic) bond motifs is 2. The summed E-state index contributed by atoms with van der Waals surface area (Å²) in [5.41, 5.74) is 0. The van der Waals surface area contributed by atoms with Crippen molar-refractivity contribution in [1.82, 2.24) is 5.32 Å². The van der Waals surface area contributed by atoms with Gasteiger partial charge in [-0.2, -0.15) is 0 Å². The predicted molar refractivity (Wildman–Crippen MR) is 58.6 cm³/mol. The molecule has 0 radical (unpaired) electrons. The fraction of sp³-hybridized carbons (Fsp3) is 0.917. The highest BCUT2D eigenvalue weighted by Crippen LogP contribution is 2.48. The number of carbonyl (C=O) groups is 1. The molecule has 0 heterocycles. The van der Waals surface area contributed by atoms with E-state index in [0.29, 0.717) is 17.9 Å². The standard InChI is InChI=1S/C12H21NO2/c1-3-7(2)13-11-9-5-4-8(6-9)10(11)12(14)15/h7-11,13H,3-6H2,1-2H3,(H,14,15). The smallest absolute Gasteiger partial charge is 0.308 e. The van der Waals surface area contributed by atoms with Gasteiger partial charge in [-0.1, -0.05) is 6.92 Å². The number of aliphatic carboxylic acids is 1. The van der Waals surface area contributed by atoms with Crippen molar-refractivity contribution in [3.05, 3.63) is 0 Å². The third-order valence-electron chi connectivity index (χ3n) is 4.29. The minimum absolute atomic E-state index is 0.127. The number of carboxylic acids is 1. The van der Waals surface area contributed by atoms with Gasteiger partial charge in [0.2, 0.25) is 0 Å². The molecule has 2 saturated carbocycles. The molecular weight excluding hydrogens is 190 g/mol. The molecule has 86 valence electrons. The third-order valence-corrected chi connectivity index (χ3v) is 4.29. The summed E-state index contributed by atoms with van der Waals surface area (Å²) in [7, 11) is 0. The Balaban J connectivity index is 2.05.